The molecule has 0 radical (unpaired) electrons. The number of nitrogens with two attached hydrogens (primary N) is 1. The number of hydrogen-bond acceptors (Lipinski definition) is 3. The highest BCUT2D eigenvalue weighted by molar-refractivity contribution is 9.10. The van der Waals surface area contributed by atoms with Gasteiger partial charge in [0.05, 0.1) is 12.5 Å². The lowest BCUT2D eigenvalue weighted by Crippen LogP contribution is -2.18. The Morgan fingerprint density at radius 2 is 2.18 bits per heavy atom. The molecule has 1 aromatic heterocycles. The standard InChI is InChI=1S/C13H15BrN2O/c1-16(8-10-4-5-17-9-10)13-6-12(14)3-2-11(13)7-15/h2-6,9H,7-8,15H2,1H3. The van der Waals surface area contributed by atoms with E-state index in [4.69, 9.17) is 10.2 Å². The Labute approximate surface area is 109 Å². The third kappa shape index (κ3) is 2.90. The van der Waals surface area contributed by atoms with E-state index >= 15 is 0 Å². The Bertz CT molecular complexity index is 482. The van der Waals surface area contributed by atoms with E-state index in [1.54, 1.807) is 12.5 Å². The van der Waals surface area contributed by atoms with Crippen LogP contribution in [0.4, 0.5) is 5.69 Å². The lowest BCUT2D eigenvalue weighted by molar-refractivity contribution is 0.563. The van der Waals surface area contributed by atoms with Crippen molar-refractivity contribution < 1.29 is 4.42 Å². The average Bonchev–Trinajstić information content (AvgIpc) is 2.81. The van der Waals surface area contributed by atoms with Gasteiger partial charge in [0, 0.05) is 35.9 Å². The van der Waals surface area contributed by atoms with Gasteiger partial charge in [-0.15, -0.1) is 0 Å². The Morgan fingerprint density at radius 3 is 2.82 bits per heavy atom. The van der Waals surface area contributed by atoms with Crippen LogP contribution in [0.2, 0.25) is 0 Å². The molecule has 1 heterocycles. The van der Waals surface area contributed by atoms with Crippen molar-refractivity contribution in [1.29, 1.82) is 0 Å². The Hall–Kier alpha value is -1.26. The molecule has 0 aliphatic carbocycles. The van der Waals surface area contributed by atoms with E-state index in [0.717, 1.165) is 27.8 Å². The summed E-state index contributed by atoms with van der Waals surface area (Å²) in [5, 5.41) is 0. The molecule has 0 saturated heterocycles. The van der Waals surface area contributed by atoms with Gasteiger partial charge < -0.3 is 15.1 Å². The summed E-state index contributed by atoms with van der Waals surface area (Å²) in [6.45, 7) is 1.35. The molecule has 0 amide bonds. The molecule has 0 aliphatic heterocycles. The molecule has 0 saturated carbocycles. The third-order valence-corrected chi connectivity index (χ3v) is 3.17. The minimum absolute atomic E-state index is 0.540. The van der Waals surface area contributed by atoms with E-state index in [9.17, 15) is 0 Å². The number of anilines is 1. The molecule has 2 rings (SSSR count). The predicted octanol–water partition coefficient (Wildman–Crippen LogP) is 3.14. The summed E-state index contributed by atoms with van der Waals surface area (Å²) in [7, 11) is 2.05. The number of rotatable bonds is 4. The maximum absolute atomic E-state index is 5.75. The highest BCUT2D eigenvalue weighted by Gasteiger charge is 2.08. The van der Waals surface area contributed by atoms with Gasteiger partial charge in [0.1, 0.15) is 0 Å². The normalized spacial score (nSPS) is 10.5. The molecule has 1 aromatic carbocycles. The molecular weight excluding hydrogens is 280 g/mol. The molecule has 4 heteroatoms. The zero-order valence-corrected chi connectivity index (χ0v) is 11.3. The molecule has 0 aliphatic rings. The number of benzene rings is 1. The molecule has 2 aromatic rings. The highest BCUT2D eigenvalue weighted by atomic mass is 79.9. The number of hydrogen-bond donors (Lipinski definition) is 1. The monoisotopic (exact) mass is 294 g/mol. The smallest absolute Gasteiger partial charge is 0.0952 e. The first-order valence-corrected chi connectivity index (χ1v) is 6.20. The third-order valence-electron chi connectivity index (χ3n) is 2.68. The molecule has 0 unspecified atom stereocenters. The van der Waals surface area contributed by atoms with Crippen molar-refractivity contribution >= 4 is 21.6 Å². The predicted molar refractivity (Wildman–Crippen MR) is 72.8 cm³/mol. The summed E-state index contributed by atoms with van der Waals surface area (Å²) >= 11 is 3.49. The van der Waals surface area contributed by atoms with Crippen molar-refractivity contribution in [2.24, 2.45) is 5.73 Å². The molecule has 0 spiro atoms. The average molecular weight is 295 g/mol. The van der Waals surface area contributed by atoms with Gasteiger partial charge in [-0.25, -0.2) is 0 Å². The van der Waals surface area contributed by atoms with Crippen molar-refractivity contribution in [3.05, 3.63) is 52.4 Å². The van der Waals surface area contributed by atoms with Crippen LogP contribution in [-0.2, 0) is 13.1 Å². The van der Waals surface area contributed by atoms with Crippen molar-refractivity contribution in [3.63, 3.8) is 0 Å². The summed E-state index contributed by atoms with van der Waals surface area (Å²) < 4.78 is 6.13. The first kappa shape index (κ1) is 12.2. The second-order valence-electron chi connectivity index (χ2n) is 3.96. The summed E-state index contributed by atoms with van der Waals surface area (Å²) in [6.07, 6.45) is 3.45. The summed E-state index contributed by atoms with van der Waals surface area (Å²) in [5.41, 5.74) is 9.18. The first-order chi connectivity index (χ1) is 8.20. The Morgan fingerprint density at radius 1 is 1.35 bits per heavy atom. The first-order valence-electron chi connectivity index (χ1n) is 5.41. The molecule has 0 bridgehead atoms. The SMILES string of the molecule is CN(Cc1ccoc1)c1cc(Br)ccc1CN. The topological polar surface area (TPSA) is 42.4 Å². The largest absolute Gasteiger partial charge is 0.472 e. The van der Waals surface area contributed by atoms with Gasteiger partial charge in [-0.3, -0.25) is 0 Å². The summed E-state index contributed by atoms with van der Waals surface area (Å²) in [4.78, 5) is 2.16. The molecule has 3 nitrogen and oxygen atoms in total. The quantitative estimate of drug-likeness (QED) is 0.942. The van der Waals surface area contributed by atoms with E-state index in [1.165, 1.54) is 0 Å². The number of furan rings is 1. The van der Waals surface area contributed by atoms with Crippen molar-refractivity contribution in [2.75, 3.05) is 11.9 Å². The van der Waals surface area contributed by atoms with Gasteiger partial charge in [0.2, 0.25) is 0 Å². The lowest BCUT2D eigenvalue weighted by atomic mass is 10.1. The fraction of sp³-hybridized carbons (Fsp3) is 0.231. The molecular formula is C13H15BrN2O. The van der Waals surface area contributed by atoms with Gasteiger partial charge in [-0.1, -0.05) is 22.0 Å². The van der Waals surface area contributed by atoms with E-state index in [0.29, 0.717) is 6.54 Å². The van der Waals surface area contributed by atoms with Crippen molar-refractivity contribution in [1.82, 2.24) is 0 Å². The van der Waals surface area contributed by atoms with Gasteiger partial charge >= 0.3 is 0 Å². The Kier molecular flexibility index (Phi) is 3.86. The van der Waals surface area contributed by atoms with Crippen LogP contribution in [0, 0.1) is 0 Å². The molecule has 2 N–H and O–H groups in total. The number of nitrogens with zero attached hydrogens (tertiary/aromatic N) is 1. The highest BCUT2D eigenvalue weighted by Crippen LogP contribution is 2.25. The van der Waals surface area contributed by atoms with E-state index < -0.39 is 0 Å². The lowest BCUT2D eigenvalue weighted by Gasteiger charge is -2.21. The molecule has 0 fully saturated rings. The zero-order chi connectivity index (χ0) is 12.3. The second-order valence-corrected chi connectivity index (χ2v) is 4.88. The molecule has 0 atom stereocenters. The number of halogens is 1. The minimum atomic E-state index is 0.540. The maximum atomic E-state index is 5.75. The molecule has 17 heavy (non-hydrogen) atoms. The van der Waals surface area contributed by atoms with Gasteiger partial charge in [0.15, 0.2) is 0 Å². The van der Waals surface area contributed by atoms with Crippen LogP contribution in [0.1, 0.15) is 11.1 Å². The van der Waals surface area contributed by atoms with Crippen LogP contribution in [0.25, 0.3) is 0 Å². The van der Waals surface area contributed by atoms with Crippen molar-refractivity contribution in [2.45, 2.75) is 13.1 Å². The zero-order valence-electron chi connectivity index (χ0n) is 9.69. The van der Waals surface area contributed by atoms with Crippen LogP contribution >= 0.6 is 15.9 Å². The summed E-state index contributed by atoms with van der Waals surface area (Å²) in [5.74, 6) is 0. The van der Waals surface area contributed by atoms with E-state index in [1.807, 2.05) is 25.2 Å². The fourth-order valence-corrected chi connectivity index (χ4v) is 2.16. The maximum Gasteiger partial charge on any atom is 0.0952 e. The minimum Gasteiger partial charge on any atom is -0.472 e. The van der Waals surface area contributed by atoms with E-state index in [-0.39, 0.29) is 0 Å². The fourth-order valence-electron chi connectivity index (χ4n) is 1.81. The van der Waals surface area contributed by atoms with Crippen LogP contribution in [0.5, 0.6) is 0 Å². The van der Waals surface area contributed by atoms with Crippen LogP contribution in [-0.4, -0.2) is 7.05 Å². The van der Waals surface area contributed by atoms with Gasteiger partial charge in [0.25, 0.3) is 0 Å². The van der Waals surface area contributed by atoms with Gasteiger partial charge in [-0.2, -0.15) is 0 Å². The van der Waals surface area contributed by atoms with Crippen LogP contribution in [0.3, 0.4) is 0 Å². The second kappa shape index (κ2) is 5.38. The van der Waals surface area contributed by atoms with E-state index in [2.05, 4.69) is 26.9 Å². The van der Waals surface area contributed by atoms with Gasteiger partial charge in [-0.05, 0) is 23.8 Å². The summed E-state index contributed by atoms with van der Waals surface area (Å²) in [6, 6.07) is 8.11. The van der Waals surface area contributed by atoms with Crippen LogP contribution < -0.4 is 10.6 Å². The van der Waals surface area contributed by atoms with Crippen molar-refractivity contribution in [3.8, 4) is 0 Å². The molecule has 90 valence electrons. The Balaban J connectivity index is 2.23. The van der Waals surface area contributed by atoms with Crippen LogP contribution in [0.15, 0.2) is 45.7 Å².